The number of nitrogens with one attached hydrogen (secondary N) is 1. The highest BCUT2D eigenvalue weighted by Gasteiger charge is 2.32. The minimum atomic E-state index is -4.63. The Morgan fingerprint density at radius 3 is 2.38 bits per heavy atom. The van der Waals surface area contributed by atoms with Gasteiger partial charge in [-0.15, -0.1) is 0 Å². The molecule has 3 rings (SSSR count). The molecule has 0 aliphatic heterocycles. The third-order valence-corrected chi connectivity index (χ3v) is 5.34. The Kier molecular flexibility index (Phi) is 3.71. The van der Waals surface area contributed by atoms with E-state index in [9.17, 15) is 26.4 Å². The van der Waals surface area contributed by atoms with E-state index in [1.54, 1.807) is 0 Å². The number of aromatic amines is 1. The van der Waals surface area contributed by atoms with Gasteiger partial charge in [-0.05, 0) is 30.3 Å². The fourth-order valence-corrected chi connectivity index (χ4v) is 3.70. The van der Waals surface area contributed by atoms with Crippen LogP contribution in [0.15, 0.2) is 58.5 Å². The molecule has 2 aromatic carbocycles. The third kappa shape index (κ3) is 2.69. The molecule has 3 aromatic rings. The van der Waals surface area contributed by atoms with Crippen molar-refractivity contribution in [1.82, 2.24) is 4.98 Å². The Labute approximate surface area is 134 Å². The van der Waals surface area contributed by atoms with Gasteiger partial charge in [0.2, 0.25) is 9.84 Å². The molecule has 24 heavy (non-hydrogen) atoms. The lowest BCUT2D eigenvalue weighted by atomic mass is 10.2. The van der Waals surface area contributed by atoms with E-state index in [0.717, 1.165) is 18.2 Å². The molecule has 0 aliphatic rings. The van der Waals surface area contributed by atoms with Crippen LogP contribution in [0.3, 0.4) is 0 Å². The van der Waals surface area contributed by atoms with Gasteiger partial charge in [0.25, 0.3) is 0 Å². The molecular formula is C16H10F3NO3S. The first-order chi connectivity index (χ1) is 11.2. The molecule has 8 heteroatoms. The van der Waals surface area contributed by atoms with Gasteiger partial charge >= 0.3 is 6.18 Å². The topological polar surface area (TPSA) is 67.0 Å². The van der Waals surface area contributed by atoms with Crippen molar-refractivity contribution >= 4 is 27.0 Å². The Bertz CT molecular complexity index is 1040. The van der Waals surface area contributed by atoms with E-state index in [0.29, 0.717) is 28.8 Å². The van der Waals surface area contributed by atoms with Crippen molar-refractivity contribution in [2.45, 2.75) is 16.0 Å². The van der Waals surface area contributed by atoms with E-state index in [-0.39, 0.29) is 4.90 Å². The zero-order chi connectivity index (χ0) is 17.5. The second kappa shape index (κ2) is 5.48. The van der Waals surface area contributed by atoms with Gasteiger partial charge in [0.05, 0.1) is 15.4 Å². The number of halogens is 3. The number of benzene rings is 2. The summed E-state index contributed by atoms with van der Waals surface area (Å²) in [5.74, 6) is 0. The minimum absolute atomic E-state index is 0.159. The molecule has 1 heterocycles. The van der Waals surface area contributed by atoms with Crippen molar-refractivity contribution in [3.8, 4) is 0 Å². The minimum Gasteiger partial charge on any atom is -0.360 e. The van der Waals surface area contributed by atoms with Gasteiger partial charge in [-0.1, -0.05) is 12.1 Å². The number of aromatic nitrogens is 1. The van der Waals surface area contributed by atoms with E-state index < -0.39 is 26.5 Å². The van der Waals surface area contributed by atoms with Crippen LogP contribution in [0.4, 0.5) is 13.2 Å². The van der Waals surface area contributed by atoms with Gasteiger partial charge in [-0.25, -0.2) is 8.42 Å². The van der Waals surface area contributed by atoms with Crippen LogP contribution in [0.25, 0.3) is 10.9 Å². The predicted octanol–water partition coefficient (Wildman–Crippen LogP) is 3.83. The molecule has 124 valence electrons. The molecule has 0 aliphatic carbocycles. The fraction of sp³-hybridized carbons (Fsp3) is 0.0625. The Hall–Kier alpha value is -2.61. The number of carbonyl (C=O) groups excluding carboxylic acids is 1. The van der Waals surface area contributed by atoms with E-state index in [1.165, 1.54) is 24.4 Å². The van der Waals surface area contributed by atoms with Crippen molar-refractivity contribution in [1.29, 1.82) is 0 Å². The van der Waals surface area contributed by atoms with E-state index in [4.69, 9.17) is 0 Å². The summed E-state index contributed by atoms with van der Waals surface area (Å²) in [7, 11) is -4.12. The van der Waals surface area contributed by atoms with E-state index >= 15 is 0 Å². The molecule has 0 spiro atoms. The van der Waals surface area contributed by atoms with Crippen LogP contribution in [0.1, 0.15) is 15.9 Å². The lowest BCUT2D eigenvalue weighted by Gasteiger charge is -2.09. The first-order valence-electron chi connectivity index (χ1n) is 6.72. The lowest BCUT2D eigenvalue weighted by molar-refractivity contribution is -0.137. The number of sulfone groups is 1. The second-order valence-electron chi connectivity index (χ2n) is 5.10. The average Bonchev–Trinajstić information content (AvgIpc) is 2.96. The molecule has 0 unspecified atom stereocenters. The van der Waals surface area contributed by atoms with Crippen molar-refractivity contribution < 1.29 is 26.4 Å². The largest absolute Gasteiger partial charge is 0.416 e. The van der Waals surface area contributed by atoms with Crippen LogP contribution >= 0.6 is 0 Å². The van der Waals surface area contributed by atoms with Crippen molar-refractivity contribution in [2.75, 3.05) is 0 Å². The fourth-order valence-electron chi connectivity index (χ4n) is 2.37. The van der Waals surface area contributed by atoms with Crippen molar-refractivity contribution in [2.24, 2.45) is 0 Å². The Balaban J connectivity index is 2.13. The molecule has 0 radical (unpaired) electrons. The summed E-state index contributed by atoms with van der Waals surface area (Å²) >= 11 is 0. The molecule has 0 saturated carbocycles. The van der Waals surface area contributed by atoms with Crippen LogP contribution in [0.2, 0.25) is 0 Å². The monoisotopic (exact) mass is 353 g/mol. The summed E-state index contributed by atoms with van der Waals surface area (Å²) in [5.41, 5.74) is -0.258. The molecule has 1 aromatic heterocycles. The van der Waals surface area contributed by atoms with E-state index in [2.05, 4.69) is 4.98 Å². The number of aldehydes is 1. The van der Waals surface area contributed by atoms with Crippen LogP contribution < -0.4 is 0 Å². The molecule has 4 nitrogen and oxygen atoms in total. The quantitative estimate of drug-likeness (QED) is 0.728. The van der Waals surface area contributed by atoms with Crippen LogP contribution in [0.5, 0.6) is 0 Å². The van der Waals surface area contributed by atoms with Gasteiger partial charge < -0.3 is 4.98 Å². The number of hydrogen-bond acceptors (Lipinski definition) is 3. The molecule has 1 N–H and O–H groups in total. The maximum absolute atomic E-state index is 12.8. The summed E-state index contributed by atoms with van der Waals surface area (Å²) in [6, 6.07) is 7.56. The van der Waals surface area contributed by atoms with E-state index in [1.807, 2.05) is 0 Å². The van der Waals surface area contributed by atoms with Crippen molar-refractivity contribution in [3.05, 3.63) is 59.8 Å². The maximum Gasteiger partial charge on any atom is 0.416 e. The average molecular weight is 353 g/mol. The SMILES string of the molecule is O=Cc1c[nH]c2cc(S(=O)(=O)c3cccc(C(F)(F)F)c3)ccc12. The number of H-pyrrole nitrogens is 1. The van der Waals surface area contributed by atoms with Crippen LogP contribution in [-0.2, 0) is 16.0 Å². The Morgan fingerprint density at radius 2 is 1.71 bits per heavy atom. The summed E-state index contributed by atoms with van der Waals surface area (Å²) in [6.45, 7) is 0. The maximum atomic E-state index is 12.8. The zero-order valence-electron chi connectivity index (χ0n) is 12.0. The van der Waals surface area contributed by atoms with Crippen LogP contribution in [0, 0.1) is 0 Å². The predicted molar refractivity (Wildman–Crippen MR) is 80.6 cm³/mol. The molecule has 0 atom stereocenters. The number of rotatable bonds is 3. The van der Waals surface area contributed by atoms with Gasteiger partial charge in [-0.3, -0.25) is 4.79 Å². The first-order valence-corrected chi connectivity index (χ1v) is 8.20. The molecule has 0 amide bonds. The third-order valence-electron chi connectivity index (χ3n) is 3.59. The lowest BCUT2D eigenvalue weighted by Crippen LogP contribution is -2.08. The summed E-state index contributed by atoms with van der Waals surface area (Å²) in [4.78, 5) is 13.0. The number of carbonyl (C=O) groups is 1. The number of alkyl halides is 3. The number of hydrogen-bond donors (Lipinski definition) is 1. The highest BCUT2D eigenvalue weighted by Crippen LogP contribution is 2.32. The molecule has 0 fully saturated rings. The van der Waals surface area contributed by atoms with Gasteiger partial charge in [0.1, 0.15) is 0 Å². The highest BCUT2D eigenvalue weighted by molar-refractivity contribution is 7.91. The summed E-state index contributed by atoms with van der Waals surface area (Å²) < 4.78 is 63.5. The standard InChI is InChI=1S/C16H10F3NO3S/c17-16(18,19)11-2-1-3-12(6-11)24(22,23)13-4-5-14-10(9-21)8-20-15(14)7-13/h1-9,20H. The highest BCUT2D eigenvalue weighted by atomic mass is 32.2. The van der Waals surface area contributed by atoms with Crippen molar-refractivity contribution in [3.63, 3.8) is 0 Å². The van der Waals surface area contributed by atoms with Crippen LogP contribution in [-0.4, -0.2) is 19.7 Å². The second-order valence-corrected chi connectivity index (χ2v) is 7.05. The first kappa shape index (κ1) is 16.3. The Morgan fingerprint density at radius 1 is 1.00 bits per heavy atom. The smallest absolute Gasteiger partial charge is 0.360 e. The zero-order valence-corrected chi connectivity index (χ0v) is 12.8. The normalized spacial score (nSPS) is 12.5. The molecule has 0 bridgehead atoms. The number of fused-ring (bicyclic) bond motifs is 1. The summed E-state index contributed by atoms with van der Waals surface area (Å²) in [6.07, 6.45) is -2.58. The molecular weight excluding hydrogens is 343 g/mol. The van der Waals surface area contributed by atoms with Gasteiger partial charge in [-0.2, -0.15) is 13.2 Å². The summed E-state index contributed by atoms with van der Waals surface area (Å²) in [5, 5.41) is 0.535. The molecule has 0 saturated heterocycles. The van der Waals surface area contributed by atoms with Gasteiger partial charge in [0, 0.05) is 22.7 Å². The van der Waals surface area contributed by atoms with Gasteiger partial charge in [0.15, 0.2) is 6.29 Å².